The first kappa shape index (κ1) is 11.6. The first-order chi connectivity index (χ1) is 7.88. The van der Waals surface area contributed by atoms with Gasteiger partial charge in [0.15, 0.2) is 0 Å². The number of hydrogen-bond acceptors (Lipinski definition) is 3. The first-order valence-electron chi connectivity index (χ1n) is 6.11. The summed E-state index contributed by atoms with van der Waals surface area (Å²) in [7, 11) is 0. The Morgan fingerprint density at radius 3 is 3.12 bits per heavy atom. The lowest BCUT2D eigenvalue weighted by Crippen LogP contribution is -2.23. The standard InChI is InChI=1S/C13H20N2O/c16-10-6-12-4-8-15(11-12)9-5-13-3-1-2-7-14-13/h1-3,7,12,16H,4-6,8-11H2. The van der Waals surface area contributed by atoms with Crippen LogP contribution < -0.4 is 0 Å². The number of hydrogen-bond donors (Lipinski definition) is 1. The molecule has 88 valence electrons. The van der Waals surface area contributed by atoms with E-state index in [0.29, 0.717) is 12.5 Å². The maximum Gasteiger partial charge on any atom is 0.0434 e. The molecule has 1 saturated heterocycles. The van der Waals surface area contributed by atoms with Crippen molar-refractivity contribution >= 4 is 0 Å². The fourth-order valence-corrected chi connectivity index (χ4v) is 2.35. The molecule has 1 aromatic rings. The number of rotatable bonds is 5. The fourth-order valence-electron chi connectivity index (χ4n) is 2.35. The van der Waals surface area contributed by atoms with E-state index in [0.717, 1.165) is 25.9 Å². The van der Waals surface area contributed by atoms with Gasteiger partial charge in [0.2, 0.25) is 0 Å². The molecular formula is C13H20N2O. The number of aromatic nitrogens is 1. The SMILES string of the molecule is OCCC1CCN(CCc2ccccn2)C1. The Balaban J connectivity index is 1.72. The summed E-state index contributed by atoms with van der Waals surface area (Å²) in [5.74, 6) is 0.703. The molecule has 0 saturated carbocycles. The summed E-state index contributed by atoms with van der Waals surface area (Å²) in [6.07, 6.45) is 5.09. The van der Waals surface area contributed by atoms with Gasteiger partial charge in [-0.3, -0.25) is 4.98 Å². The third-order valence-electron chi connectivity index (χ3n) is 3.32. The third kappa shape index (κ3) is 3.29. The van der Waals surface area contributed by atoms with Crippen LogP contribution in [0.15, 0.2) is 24.4 Å². The highest BCUT2D eigenvalue weighted by Crippen LogP contribution is 2.18. The third-order valence-corrected chi connectivity index (χ3v) is 3.32. The minimum absolute atomic E-state index is 0.332. The highest BCUT2D eigenvalue weighted by atomic mass is 16.3. The zero-order valence-electron chi connectivity index (χ0n) is 9.68. The summed E-state index contributed by atoms with van der Waals surface area (Å²) in [4.78, 5) is 6.81. The molecule has 3 heteroatoms. The van der Waals surface area contributed by atoms with Gasteiger partial charge >= 0.3 is 0 Å². The molecule has 1 aromatic heterocycles. The van der Waals surface area contributed by atoms with Gasteiger partial charge in [-0.25, -0.2) is 0 Å². The van der Waals surface area contributed by atoms with Gasteiger partial charge in [0.25, 0.3) is 0 Å². The van der Waals surface area contributed by atoms with Crippen molar-refractivity contribution in [1.82, 2.24) is 9.88 Å². The van der Waals surface area contributed by atoms with Crippen molar-refractivity contribution < 1.29 is 5.11 Å². The molecule has 1 aliphatic heterocycles. The van der Waals surface area contributed by atoms with Crippen LogP contribution in [-0.2, 0) is 6.42 Å². The normalized spacial score (nSPS) is 21.4. The smallest absolute Gasteiger partial charge is 0.0434 e. The van der Waals surface area contributed by atoms with Crippen molar-refractivity contribution in [2.75, 3.05) is 26.2 Å². The Labute approximate surface area is 97.1 Å². The van der Waals surface area contributed by atoms with Crippen LogP contribution in [0, 0.1) is 5.92 Å². The molecule has 2 rings (SSSR count). The summed E-state index contributed by atoms with van der Waals surface area (Å²) in [6, 6.07) is 6.08. The lowest BCUT2D eigenvalue weighted by atomic mass is 10.1. The molecule has 3 nitrogen and oxygen atoms in total. The van der Waals surface area contributed by atoms with Gasteiger partial charge in [-0.1, -0.05) is 6.07 Å². The Bertz CT molecular complexity index is 302. The average molecular weight is 220 g/mol. The van der Waals surface area contributed by atoms with E-state index in [1.165, 1.54) is 18.7 Å². The molecule has 0 spiro atoms. The Kier molecular flexibility index (Phi) is 4.31. The predicted molar refractivity (Wildman–Crippen MR) is 64.2 cm³/mol. The van der Waals surface area contributed by atoms with Crippen LogP contribution in [0.4, 0.5) is 0 Å². The molecule has 0 aliphatic carbocycles. The molecule has 0 amide bonds. The molecule has 1 unspecified atom stereocenters. The minimum Gasteiger partial charge on any atom is -0.396 e. The molecule has 2 heterocycles. The Morgan fingerprint density at radius 2 is 2.38 bits per heavy atom. The summed E-state index contributed by atoms with van der Waals surface area (Å²) >= 11 is 0. The van der Waals surface area contributed by atoms with Crippen LogP contribution in [0.25, 0.3) is 0 Å². The number of likely N-dealkylation sites (tertiary alicyclic amines) is 1. The van der Waals surface area contributed by atoms with E-state index in [-0.39, 0.29) is 0 Å². The van der Waals surface area contributed by atoms with Crippen LogP contribution in [0.5, 0.6) is 0 Å². The second kappa shape index (κ2) is 5.97. The molecule has 1 atom stereocenters. The highest BCUT2D eigenvalue weighted by molar-refractivity contribution is 5.03. The van der Waals surface area contributed by atoms with E-state index in [4.69, 9.17) is 5.11 Å². The molecule has 16 heavy (non-hydrogen) atoms. The molecule has 1 fully saturated rings. The van der Waals surface area contributed by atoms with Crippen molar-refractivity contribution in [3.05, 3.63) is 30.1 Å². The zero-order chi connectivity index (χ0) is 11.2. The first-order valence-corrected chi connectivity index (χ1v) is 6.11. The van der Waals surface area contributed by atoms with Gasteiger partial charge < -0.3 is 10.0 Å². The lowest BCUT2D eigenvalue weighted by molar-refractivity contribution is 0.251. The quantitative estimate of drug-likeness (QED) is 0.813. The molecular weight excluding hydrogens is 200 g/mol. The van der Waals surface area contributed by atoms with Crippen molar-refractivity contribution in [3.63, 3.8) is 0 Å². The van der Waals surface area contributed by atoms with Crippen LogP contribution in [0.1, 0.15) is 18.5 Å². The zero-order valence-corrected chi connectivity index (χ0v) is 9.68. The Morgan fingerprint density at radius 1 is 1.44 bits per heavy atom. The molecule has 0 bridgehead atoms. The van der Waals surface area contributed by atoms with Gasteiger partial charge in [-0.15, -0.1) is 0 Å². The average Bonchev–Trinajstić information content (AvgIpc) is 2.76. The maximum absolute atomic E-state index is 8.89. The molecule has 1 aliphatic rings. The van der Waals surface area contributed by atoms with E-state index in [1.807, 2.05) is 18.3 Å². The second-order valence-electron chi connectivity index (χ2n) is 4.54. The topological polar surface area (TPSA) is 36.4 Å². The number of nitrogens with zero attached hydrogens (tertiary/aromatic N) is 2. The van der Waals surface area contributed by atoms with Crippen LogP contribution in [0.2, 0.25) is 0 Å². The van der Waals surface area contributed by atoms with E-state index in [2.05, 4.69) is 16.0 Å². The largest absolute Gasteiger partial charge is 0.396 e. The van der Waals surface area contributed by atoms with Crippen molar-refractivity contribution in [2.24, 2.45) is 5.92 Å². The number of aliphatic hydroxyl groups is 1. The second-order valence-corrected chi connectivity index (χ2v) is 4.54. The lowest BCUT2D eigenvalue weighted by Gasteiger charge is -2.15. The van der Waals surface area contributed by atoms with Gasteiger partial charge in [-0.05, 0) is 37.4 Å². The molecule has 0 radical (unpaired) electrons. The maximum atomic E-state index is 8.89. The van der Waals surface area contributed by atoms with Gasteiger partial charge in [0, 0.05) is 38.0 Å². The van der Waals surface area contributed by atoms with Gasteiger partial charge in [0.1, 0.15) is 0 Å². The van der Waals surface area contributed by atoms with E-state index in [1.54, 1.807) is 0 Å². The van der Waals surface area contributed by atoms with Crippen LogP contribution in [-0.4, -0.2) is 41.2 Å². The number of aliphatic hydroxyl groups excluding tert-OH is 1. The van der Waals surface area contributed by atoms with Gasteiger partial charge in [0.05, 0.1) is 0 Å². The summed E-state index contributed by atoms with van der Waals surface area (Å²) < 4.78 is 0. The fraction of sp³-hybridized carbons (Fsp3) is 0.615. The Hall–Kier alpha value is -0.930. The monoisotopic (exact) mass is 220 g/mol. The van der Waals surface area contributed by atoms with Crippen molar-refractivity contribution in [1.29, 1.82) is 0 Å². The van der Waals surface area contributed by atoms with Crippen LogP contribution >= 0.6 is 0 Å². The summed E-state index contributed by atoms with van der Waals surface area (Å²) in [5.41, 5.74) is 1.17. The van der Waals surface area contributed by atoms with E-state index < -0.39 is 0 Å². The van der Waals surface area contributed by atoms with E-state index >= 15 is 0 Å². The predicted octanol–water partition coefficient (Wildman–Crippen LogP) is 1.33. The molecule has 1 N–H and O–H groups in total. The highest BCUT2D eigenvalue weighted by Gasteiger charge is 2.21. The number of pyridine rings is 1. The summed E-state index contributed by atoms with van der Waals surface area (Å²) in [6.45, 7) is 3.75. The van der Waals surface area contributed by atoms with E-state index in [9.17, 15) is 0 Å². The van der Waals surface area contributed by atoms with Gasteiger partial charge in [-0.2, -0.15) is 0 Å². The summed E-state index contributed by atoms with van der Waals surface area (Å²) in [5, 5.41) is 8.89. The minimum atomic E-state index is 0.332. The van der Waals surface area contributed by atoms with Crippen molar-refractivity contribution in [3.8, 4) is 0 Å². The molecule has 0 aromatic carbocycles. The van der Waals surface area contributed by atoms with Crippen LogP contribution in [0.3, 0.4) is 0 Å². The van der Waals surface area contributed by atoms with Crippen molar-refractivity contribution in [2.45, 2.75) is 19.3 Å².